The van der Waals surface area contributed by atoms with E-state index in [4.69, 9.17) is 15.2 Å². The molecule has 2 N–H and O–H groups in total. The number of anilines is 1. The lowest BCUT2D eigenvalue weighted by atomic mass is 10.1. The summed E-state index contributed by atoms with van der Waals surface area (Å²) in [6, 6.07) is 12.1. The van der Waals surface area contributed by atoms with Crippen LogP contribution in [0.15, 0.2) is 52.7 Å². The van der Waals surface area contributed by atoms with Crippen LogP contribution in [0.3, 0.4) is 0 Å². The number of nitrogens with zero attached hydrogens (tertiary/aromatic N) is 2. The zero-order valence-corrected chi connectivity index (χ0v) is 12.4. The van der Waals surface area contributed by atoms with E-state index in [1.54, 1.807) is 49.6 Å². The topological polar surface area (TPSA) is 86.3 Å². The SMILES string of the molecule is COCc1cc(N=Nc2ccccc2C(=O)OC)ccc1N. The van der Waals surface area contributed by atoms with Crippen LogP contribution in [0.1, 0.15) is 15.9 Å². The van der Waals surface area contributed by atoms with Gasteiger partial charge in [-0.1, -0.05) is 12.1 Å². The predicted octanol–water partition coefficient (Wildman–Crippen LogP) is 3.62. The number of nitrogen functional groups attached to an aromatic ring is 1. The van der Waals surface area contributed by atoms with Crippen molar-refractivity contribution in [1.29, 1.82) is 0 Å². The molecule has 0 aliphatic rings. The van der Waals surface area contributed by atoms with Crippen LogP contribution in [-0.4, -0.2) is 20.2 Å². The molecule has 0 aliphatic heterocycles. The van der Waals surface area contributed by atoms with Crippen molar-refractivity contribution in [3.63, 3.8) is 0 Å². The number of benzene rings is 2. The number of hydrogen-bond donors (Lipinski definition) is 1. The average Bonchev–Trinajstić information content (AvgIpc) is 2.55. The molecule has 0 aliphatic carbocycles. The van der Waals surface area contributed by atoms with Crippen molar-refractivity contribution in [1.82, 2.24) is 0 Å². The third kappa shape index (κ3) is 3.67. The Bertz CT molecular complexity index is 699. The molecule has 0 radical (unpaired) electrons. The number of ether oxygens (including phenoxy) is 2. The van der Waals surface area contributed by atoms with Crippen LogP contribution in [0.2, 0.25) is 0 Å². The van der Waals surface area contributed by atoms with Gasteiger partial charge in [-0.05, 0) is 30.3 Å². The van der Waals surface area contributed by atoms with Crippen molar-refractivity contribution < 1.29 is 14.3 Å². The summed E-state index contributed by atoms with van der Waals surface area (Å²) in [7, 11) is 2.92. The number of azo groups is 1. The molecule has 2 aromatic rings. The van der Waals surface area contributed by atoms with Crippen LogP contribution in [-0.2, 0) is 16.1 Å². The van der Waals surface area contributed by atoms with Gasteiger partial charge in [-0.25, -0.2) is 4.79 Å². The summed E-state index contributed by atoms with van der Waals surface area (Å²) in [6.45, 7) is 0.397. The molecule has 0 saturated heterocycles. The average molecular weight is 299 g/mol. The first-order valence-electron chi connectivity index (χ1n) is 6.62. The molecule has 6 heteroatoms. The van der Waals surface area contributed by atoms with E-state index in [0.717, 1.165) is 5.56 Å². The highest BCUT2D eigenvalue weighted by Gasteiger charge is 2.10. The van der Waals surface area contributed by atoms with Gasteiger partial charge in [-0.2, -0.15) is 5.11 Å². The molecule has 114 valence electrons. The lowest BCUT2D eigenvalue weighted by Gasteiger charge is -2.05. The molecule has 0 saturated carbocycles. The van der Waals surface area contributed by atoms with E-state index in [1.165, 1.54) is 7.11 Å². The van der Waals surface area contributed by atoms with Gasteiger partial charge in [0.1, 0.15) is 5.69 Å². The fraction of sp³-hybridized carbons (Fsp3) is 0.188. The Balaban J connectivity index is 2.29. The van der Waals surface area contributed by atoms with E-state index in [0.29, 0.717) is 29.2 Å². The minimum Gasteiger partial charge on any atom is -0.465 e. The number of nitrogens with two attached hydrogens (primary N) is 1. The second kappa shape index (κ2) is 7.33. The van der Waals surface area contributed by atoms with Crippen LogP contribution in [0, 0.1) is 0 Å². The zero-order chi connectivity index (χ0) is 15.9. The summed E-state index contributed by atoms with van der Waals surface area (Å²) in [6.07, 6.45) is 0. The molecule has 0 fully saturated rings. The maximum absolute atomic E-state index is 11.7. The monoisotopic (exact) mass is 299 g/mol. The minimum atomic E-state index is -0.452. The van der Waals surface area contributed by atoms with Gasteiger partial charge >= 0.3 is 5.97 Å². The predicted molar refractivity (Wildman–Crippen MR) is 83.5 cm³/mol. The van der Waals surface area contributed by atoms with Crippen LogP contribution in [0.4, 0.5) is 17.1 Å². The molecule has 2 rings (SSSR count). The van der Waals surface area contributed by atoms with Crippen molar-refractivity contribution in [2.75, 3.05) is 20.0 Å². The van der Waals surface area contributed by atoms with Crippen molar-refractivity contribution in [2.24, 2.45) is 10.2 Å². The lowest BCUT2D eigenvalue weighted by Crippen LogP contribution is -2.00. The van der Waals surface area contributed by atoms with Crippen molar-refractivity contribution >= 4 is 23.0 Å². The molecule has 0 atom stereocenters. The van der Waals surface area contributed by atoms with Crippen LogP contribution >= 0.6 is 0 Å². The zero-order valence-electron chi connectivity index (χ0n) is 12.4. The molecular weight excluding hydrogens is 282 g/mol. The highest BCUT2D eigenvalue weighted by molar-refractivity contribution is 5.94. The summed E-state index contributed by atoms with van der Waals surface area (Å²) < 4.78 is 9.80. The van der Waals surface area contributed by atoms with Gasteiger partial charge < -0.3 is 15.2 Å². The van der Waals surface area contributed by atoms with E-state index >= 15 is 0 Å². The number of carbonyl (C=O) groups is 1. The Hall–Kier alpha value is -2.73. The first kappa shape index (κ1) is 15.7. The Morgan fingerprint density at radius 3 is 2.64 bits per heavy atom. The Morgan fingerprint density at radius 2 is 1.91 bits per heavy atom. The standard InChI is InChI=1S/C16H17N3O3/c1-21-10-11-9-12(7-8-14(11)17)18-19-15-6-4-3-5-13(15)16(20)22-2/h3-9H,10,17H2,1-2H3. The Kier molecular flexibility index (Phi) is 5.21. The molecule has 22 heavy (non-hydrogen) atoms. The van der Waals surface area contributed by atoms with Gasteiger partial charge in [0.05, 0.1) is 25.0 Å². The second-order valence-electron chi connectivity index (χ2n) is 4.52. The summed E-state index contributed by atoms with van der Waals surface area (Å²) in [4.78, 5) is 11.7. The first-order valence-corrected chi connectivity index (χ1v) is 6.62. The smallest absolute Gasteiger partial charge is 0.340 e. The summed E-state index contributed by atoms with van der Waals surface area (Å²) in [5.41, 5.74) is 8.75. The fourth-order valence-corrected chi connectivity index (χ4v) is 1.89. The molecule has 6 nitrogen and oxygen atoms in total. The van der Waals surface area contributed by atoms with E-state index in [9.17, 15) is 4.79 Å². The summed E-state index contributed by atoms with van der Waals surface area (Å²) >= 11 is 0. The van der Waals surface area contributed by atoms with E-state index in [1.807, 2.05) is 0 Å². The molecule has 0 aromatic heterocycles. The number of hydrogen-bond acceptors (Lipinski definition) is 6. The van der Waals surface area contributed by atoms with E-state index in [-0.39, 0.29) is 0 Å². The third-order valence-electron chi connectivity index (χ3n) is 3.01. The highest BCUT2D eigenvalue weighted by Crippen LogP contribution is 2.25. The van der Waals surface area contributed by atoms with Crippen molar-refractivity contribution in [3.05, 3.63) is 53.6 Å². The number of rotatable bonds is 5. The Labute approximate surface area is 128 Å². The van der Waals surface area contributed by atoms with Gasteiger partial charge in [-0.15, -0.1) is 5.11 Å². The van der Waals surface area contributed by atoms with Crippen molar-refractivity contribution in [2.45, 2.75) is 6.61 Å². The molecule has 0 heterocycles. The summed E-state index contributed by atoms with van der Waals surface area (Å²) in [5.74, 6) is -0.452. The Morgan fingerprint density at radius 1 is 1.14 bits per heavy atom. The number of carbonyl (C=O) groups excluding carboxylic acids is 1. The largest absolute Gasteiger partial charge is 0.465 e. The molecular formula is C16H17N3O3. The second-order valence-corrected chi connectivity index (χ2v) is 4.52. The van der Waals surface area contributed by atoms with E-state index < -0.39 is 5.97 Å². The van der Waals surface area contributed by atoms with Gasteiger partial charge in [0.25, 0.3) is 0 Å². The molecule has 0 spiro atoms. The third-order valence-corrected chi connectivity index (χ3v) is 3.01. The normalized spacial score (nSPS) is 10.8. The molecule has 0 bridgehead atoms. The van der Waals surface area contributed by atoms with Crippen LogP contribution < -0.4 is 5.73 Å². The number of esters is 1. The van der Waals surface area contributed by atoms with E-state index in [2.05, 4.69) is 10.2 Å². The maximum atomic E-state index is 11.7. The first-order chi connectivity index (χ1) is 10.7. The minimum absolute atomic E-state index is 0.362. The lowest BCUT2D eigenvalue weighted by molar-refractivity contribution is 0.0601. The van der Waals surface area contributed by atoms with Gasteiger partial charge in [0.2, 0.25) is 0 Å². The highest BCUT2D eigenvalue weighted by atomic mass is 16.5. The van der Waals surface area contributed by atoms with Gasteiger partial charge in [0.15, 0.2) is 0 Å². The van der Waals surface area contributed by atoms with Gasteiger partial charge in [-0.3, -0.25) is 0 Å². The summed E-state index contributed by atoms with van der Waals surface area (Å²) in [5, 5.41) is 8.26. The van der Waals surface area contributed by atoms with Crippen LogP contribution in [0.5, 0.6) is 0 Å². The van der Waals surface area contributed by atoms with Crippen molar-refractivity contribution in [3.8, 4) is 0 Å². The molecule has 0 unspecified atom stereocenters. The van der Waals surface area contributed by atoms with Crippen LogP contribution in [0.25, 0.3) is 0 Å². The quantitative estimate of drug-likeness (QED) is 0.519. The maximum Gasteiger partial charge on any atom is 0.340 e. The molecule has 0 amide bonds. The van der Waals surface area contributed by atoms with Gasteiger partial charge in [0, 0.05) is 18.4 Å². The molecule has 2 aromatic carbocycles. The fourth-order valence-electron chi connectivity index (χ4n) is 1.89. The number of methoxy groups -OCH3 is 2.